The second kappa shape index (κ2) is 61.9. The Labute approximate surface area is 454 Å². The first kappa shape index (κ1) is 70.4. The van der Waals surface area contributed by atoms with Crippen LogP contribution in [0.25, 0.3) is 0 Å². The van der Waals surface area contributed by atoms with Gasteiger partial charge in [-0.05, 0) is 77.0 Å². The summed E-state index contributed by atoms with van der Waals surface area (Å²) in [6.45, 7) is 6.64. The Hall–Kier alpha value is -2.63. The third-order valence-corrected chi connectivity index (χ3v) is 14.3. The van der Waals surface area contributed by atoms with Gasteiger partial charge in [0.15, 0.2) is 6.10 Å². The van der Waals surface area contributed by atoms with E-state index in [1.807, 2.05) is 0 Å². The van der Waals surface area contributed by atoms with E-state index in [1.165, 1.54) is 238 Å². The summed E-state index contributed by atoms with van der Waals surface area (Å²) in [6, 6.07) is 0. The van der Waals surface area contributed by atoms with Crippen LogP contribution < -0.4 is 0 Å². The molecule has 0 fully saturated rings. The Kier molecular flexibility index (Phi) is 59.7. The van der Waals surface area contributed by atoms with Gasteiger partial charge in [-0.2, -0.15) is 0 Å². The van der Waals surface area contributed by atoms with Gasteiger partial charge in [0.1, 0.15) is 13.2 Å². The van der Waals surface area contributed by atoms with E-state index in [9.17, 15) is 14.4 Å². The Balaban J connectivity index is 4.40. The van der Waals surface area contributed by atoms with Crippen LogP contribution in [0.4, 0.5) is 0 Å². The van der Waals surface area contributed by atoms with Gasteiger partial charge in [-0.3, -0.25) is 14.4 Å². The van der Waals surface area contributed by atoms with E-state index in [-0.39, 0.29) is 31.1 Å². The van der Waals surface area contributed by atoms with Gasteiger partial charge in [0, 0.05) is 19.3 Å². The predicted octanol–water partition coefficient (Wildman–Crippen LogP) is 21.8. The highest BCUT2D eigenvalue weighted by Gasteiger charge is 2.19. The minimum absolute atomic E-state index is 0.0875. The van der Waals surface area contributed by atoms with Crippen LogP contribution in [0.3, 0.4) is 0 Å². The molecule has 1 unspecified atom stereocenters. The summed E-state index contributed by atoms with van der Waals surface area (Å²) in [5.74, 6) is -0.924. The first-order valence-corrected chi connectivity index (χ1v) is 32.1. The molecule has 0 aliphatic carbocycles. The number of hydrogen-bond acceptors (Lipinski definition) is 6. The number of esters is 3. The van der Waals surface area contributed by atoms with E-state index in [4.69, 9.17) is 14.2 Å². The van der Waals surface area contributed by atoms with Crippen LogP contribution in [0, 0.1) is 0 Å². The molecule has 73 heavy (non-hydrogen) atoms. The van der Waals surface area contributed by atoms with Crippen LogP contribution in [-0.2, 0) is 28.6 Å². The van der Waals surface area contributed by atoms with Crippen molar-refractivity contribution >= 4 is 17.9 Å². The van der Waals surface area contributed by atoms with Crippen molar-refractivity contribution in [2.75, 3.05) is 13.2 Å². The van der Waals surface area contributed by atoms with Gasteiger partial charge in [-0.1, -0.05) is 294 Å². The average molecular weight is 1020 g/mol. The monoisotopic (exact) mass is 1020 g/mol. The molecule has 0 saturated heterocycles. The molecule has 6 nitrogen and oxygen atoms in total. The summed E-state index contributed by atoms with van der Waals surface area (Å²) >= 11 is 0. The number of unbranched alkanes of at least 4 members (excludes halogenated alkanes) is 40. The van der Waals surface area contributed by atoms with Crippen LogP contribution >= 0.6 is 0 Å². The molecule has 0 amide bonds. The summed E-state index contributed by atoms with van der Waals surface area (Å²) in [7, 11) is 0. The second-order valence-electron chi connectivity index (χ2n) is 21.7. The minimum atomic E-state index is -0.794. The lowest BCUT2D eigenvalue weighted by Crippen LogP contribution is -2.30. The SMILES string of the molecule is CCCCCCCC/C=C\C/C=C\C/C=C\CCCC(=O)OCC(COC(=O)CCCCCCCCC/C=C\CCCCCCCCCC)OC(=O)CCCCCCCCCCCCCCCCCCCCC. The van der Waals surface area contributed by atoms with Gasteiger partial charge in [-0.25, -0.2) is 0 Å². The maximum atomic E-state index is 12.9. The molecule has 0 aliphatic rings. The number of hydrogen-bond donors (Lipinski definition) is 0. The van der Waals surface area contributed by atoms with Crippen molar-refractivity contribution in [3.05, 3.63) is 48.6 Å². The van der Waals surface area contributed by atoms with E-state index in [0.717, 1.165) is 57.8 Å². The molecule has 0 aromatic rings. The highest BCUT2D eigenvalue weighted by molar-refractivity contribution is 5.71. The summed E-state index contributed by atoms with van der Waals surface area (Å²) in [6.07, 6.45) is 76.9. The van der Waals surface area contributed by atoms with Gasteiger partial charge in [-0.15, -0.1) is 0 Å². The van der Waals surface area contributed by atoms with E-state index >= 15 is 0 Å². The van der Waals surface area contributed by atoms with Crippen molar-refractivity contribution in [3.8, 4) is 0 Å². The Bertz CT molecular complexity index is 1270. The van der Waals surface area contributed by atoms with Crippen molar-refractivity contribution in [2.45, 2.75) is 348 Å². The summed E-state index contributed by atoms with van der Waals surface area (Å²) in [5.41, 5.74) is 0. The van der Waals surface area contributed by atoms with Crippen molar-refractivity contribution in [1.82, 2.24) is 0 Å². The minimum Gasteiger partial charge on any atom is -0.462 e. The Morgan fingerprint density at radius 1 is 0.274 bits per heavy atom. The molecular formula is C67H122O6. The lowest BCUT2D eigenvalue weighted by atomic mass is 10.0. The molecule has 0 heterocycles. The number of rotatable bonds is 59. The number of carbonyl (C=O) groups excluding carboxylic acids is 3. The van der Waals surface area contributed by atoms with Crippen molar-refractivity contribution in [3.63, 3.8) is 0 Å². The number of carbonyl (C=O) groups is 3. The molecule has 0 N–H and O–H groups in total. The van der Waals surface area contributed by atoms with Crippen LogP contribution in [0.2, 0.25) is 0 Å². The summed E-state index contributed by atoms with van der Waals surface area (Å²) < 4.78 is 16.9. The zero-order chi connectivity index (χ0) is 52.9. The number of ether oxygens (including phenoxy) is 3. The Morgan fingerprint density at radius 3 is 0.836 bits per heavy atom. The first-order chi connectivity index (χ1) is 36.0. The molecule has 0 radical (unpaired) electrons. The lowest BCUT2D eigenvalue weighted by Gasteiger charge is -2.18. The summed E-state index contributed by atoms with van der Waals surface area (Å²) in [5, 5.41) is 0. The molecule has 0 spiro atoms. The third-order valence-electron chi connectivity index (χ3n) is 14.3. The molecule has 6 heteroatoms. The number of allylic oxidation sites excluding steroid dienone is 8. The van der Waals surface area contributed by atoms with Gasteiger partial charge in [0.2, 0.25) is 0 Å². The average Bonchev–Trinajstić information content (AvgIpc) is 3.39. The predicted molar refractivity (Wildman–Crippen MR) is 316 cm³/mol. The van der Waals surface area contributed by atoms with E-state index in [0.29, 0.717) is 25.7 Å². The van der Waals surface area contributed by atoms with Crippen molar-refractivity contribution in [2.24, 2.45) is 0 Å². The molecule has 426 valence electrons. The quantitative estimate of drug-likeness (QED) is 0.0261. The molecule has 0 aliphatic heterocycles. The maximum Gasteiger partial charge on any atom is 0.306 e. The zero-order valence-electron chi connectivity index (χ0n) is 48.9. The van der Waals surface area contributed by atoms with Crippen LogP contribution in [-0.4, -0.2) is 37.2 Å². The molecular weight excluding hydrogens is 901 g/mol. The maximum absolute atomic E-state index is 12.9. The fourth-order valence-electron chi connectivity index (χ4n) is 9.46. The van der Waals surface area contributed by atoms with Gasteiger partial charge in [0.25, 0.3) is 0 Å². The van der Waals surface area contributed by atoms with E-state index < -0.39 is 6.10 Å². The molecule has 1 atom stereocenters. The topological polar surface area (TPSA) is 78.9 Å². The van der Waals surface area contributed by atoms with Crippen LogP contribution in [0.15, 0.2) is 48.6 Å². The molecule has 0 rings (SSSR count). The van der Waals surface area contributed by atoms with Gasteiger partial charge in [0.05, 0.1) is 0 Å². The second-order valence-corrected chi connectivity index (χ2v) is 21.7. The largest absolute Gasteiger partial charge is 0.462 e. The molecule has 0 aromatic carbocycles. The van der Waals surface area contributed by atoms with Crippen molar-refractivity contribution < 1.29 is 28.6 Å². The molecule has 0 bridgehead atoms. The van der Waals surface area contributed by atoms with E-state index in [1.54, 1.807) is 0 Å². The normalized spacial score (nSPS) is 12.3. The standard InChI is InChI=1S/C67H122O6/c1-4-7-10-13-16-19-22-25-28-31-33-36-39-42-45-48-51-54-57-60-66(69)72-63-64(62-71-65(68)59-56-53-50-47-44-41-38-35-30-27-24-21-18-15-12-9-6-3)73-67(70)61-58-55-52-49-46-43-40-37-34-32-29-26-23-20-17-14-11-8-5-2/h27,30-31,33,38,41,47,50,64H,4-26,28-29,32,34-37,39-40,42-46,48-49,51-63H2,1-3H3/b30-27-,33-31-,41-38-,50-47-. The summed E-state index contributed by atoms with van der Waals surface area (Å²) in [4.78, 5) is 38.3. The van der Waals surface area contributed by atoms with Crippen LogP contribution in [0.1, 0.15) is 342 Å². The highest BCUT2D eigenvalue weighted by atomic mass is 16.6. The van der Waals surface area contributed by atoms with Gasteiger partial charge < -0.3 is 14.2 Å². The molecule has 0 aromatic heterocycles. The highest BCUT2D eigenvalue weighted by Crippen LogP contribution is 2.17. The zero-order valence-corrected chi connectivity index (χ0v) is 48.9. The fourth-order valence-corrected chi connectivity index (χ4v) is 9.46. The molecule has 0 saturated carbocycles. The first-order valence-electron chi connectivity index (χ1n) is 32.1. The van der Waals surface area contributed by atoms with Gasteiger partial charge >= 0.3 is 17.9 Å². The smallest absolute Gasteiger partial charge is 0.306 e. The Morgan fingerprint density at radius 2 is 0.507 bits per heavy atom. The third kappa shape index (κ3) is 60.1. The fraction of sp³-hybridized carbons (Fsp3) is 0.836. The van der Waals surface area contributed by atoms with Crippen LogP contribution in [0.5, 0.6) is 0 Å². The lowest BCUT2D eigenvalue weighted by molar-refractivity contribution is -0.167. The van der Waals surface area contributed by atoms with Crippen molar-refractivity contribution in [1.29, 1.82) is 0 Å². The van der Waals surface area contributed by atoms with E-state index in [2.05, 4.69) is 69.4 Å².